The number of fused-ring (bicyclic) bond motifs is 3. The highest BCUT2D eigenvalue weighted by molar-refractivity contribution is 6.32. The number of nitrogens with zero attached hydrogens (tertiary/aromatic N) is 4. The summed E-state index contributed by atoms with van der Waals surface area (Å²) in [6, 6.07) is 5.75. The van der Waals surface area contributed by atoms with Gasteiger partial charge in [-0.15, -0.1) is 10.2 Å². The summed E-state index contributed by atoms with van der Waals surface area (Å²) in [5, 5.41) is 8.66. The average Bonchev–Trinajstić information content (AvgIpc) is 2.84. The molecule has 3 rings (SSSR count). The summed E-state index contributed by atoms with van der Waals surface area (Å²) in [7, 11) is 1.62. The first-order valence-corrected chi connectivity index (χ1v) is 6.50. The summed E-state index contributed by atoms with van der Waals surface area (Å²) in [6.07, 6.45) is 1.83. The zero-order valence-electron chi connectivity index (χ0n) is 10.7. The number of para-hydroxylation sites is 1. The fourth-order valence-corrected chi connectivity index (χ4v) is 2.41. The monoisotopic (exact) mass is 276 g/mol. The van der Waals surface area contributed by atoms with E-state index in [0.717, 1.165) is 29.7 Å². The highest BCUT2D eigenvalue weighted by atomic mass is 35.5. The minimum Gasteiger partial charge on any atom is -0.494 e. The lowest BCUT2D eigenvalue weighted by molar-refractivity contribution is 0.419. The van der Waals surface area contributed by atoms with E-state index < -0.39 is 0 Å². The number of hydrogen-bond donors (Lipinski definition) is 0. The van der Waals surface area contributed by atoms with Crippen molar-refractivity contribution in [3.05, 3.63) is 29.2 Å². The smallest absolute Gasteiger partial charge is 0.199 e. The van der Waals surface area contributed by atoms with Gasteiger partial charge >= 0.3 is 0 Å². The number of aryl methyl sites for hydroxylation is 1. The van der Waals surface area contributed by atoms with Gasteiger partial charge in [0.25, 0.3) is 0 Å². The maximum absolute atomic E-state index is 6.19. The maximum Gasteiger partial charge on any atom is 0.199 e. The number of aromatic nitrogens is 4. The van der Waals surface area contributed by atoms with Crippen LogP contribution in [-0.2, 0) is 6.42 Å². The second-order valence-electron chi connectivity index (χ2n) is 4.26. The minimum absolute atomic E-state index is 0.340. The topological polar surface area (TPSA) is 52.3 Å². The lowest BCUT2D eigenvalue weighted by Gasteiger charge is -2.08. The van der Waals surface area contributed by atoms with Gasteiger partial charge in [-0.3, -0.25) is 4.40 Å². The fourth-order valence-electron chi connectivity index (χ4n) is 2.21. The molecule has 0 aliphatic rings. The average molecular weight is 277 g/mol. The molecule has 0 amide bonds. The van der Waals surface area contributed by atoms with Crippen molar-refractivity contribution in [2.45, 2.75) is 19.8 Å². The maximum atomic E-state index is 6.19. The molecule has 19 heavy (non-hydrogen) atoms. The van der Waals surface area contributed by atoms with Crippen molar-refractivity contribution in [3.8, 4) is 5.75 Å². The van der Waals surface area contributed by atoms with Crippen LogP contribution in [0.2, 0.25) is 5.15 Å². The second-order valence-corrected chi connectivity index (χ2v) is 4.61. The molecule has 0 aliphatic carbocycles. The van der Waals surface area contributed by atoms with Crippen molar-refractivity contribution in [1.29, 1.82) is 0 Å². The quantitative estimate of drug-likeness (QED) is 0.738. The van der Waals surface area contributed by atoms with Crippen LogP contribution in [0.1, 0.15) is 19.2 Å². The molecule has 0 atom stereocenters. The number of hydrogen-bond acceptors (Lipinski definition) is 4. The van der Waals surface area contributed by atoms with Gasteiger partial charge in [-0.2, -0.15) is 0 Å². The van der Waals surface area contributed by atoms with E-state index >= 15 is 0 Å². The van der Waals surface area contributed by atoms with Crippen molar-refractivity contribution < 1.29 is 4.74 Å². The van der Waals surface area contributed by atoms with E-state index in [-0.39, 0.29) is 0 Å². The Morgan fingerprint density at radius 2 is 2.16 bits per heavy atom. The van der Waals surface area contributed by atoms with Gasteiger partial charge in [0, 0.05) is 6.42 Å². The number of benzene rings is 1. The van der Waals surface area contributed by atoms with E-state index in [1.165, 1.54) is 0 Å². The third-order valence-electron chi connectivity index (χ3n) is 3.04. The molecular weight excluding hydrogens is 264 g/mol. The summed E-state index contributed by atoms with van der Waals surface area (Å²) in [6.45, 7) is 2.10. The Kier molecular flexibility index (Phi) is 2.98. The first-order chi connectivity index (χ1) is 9.26. The van der Waals surface area contributed by atoms with Crippen LogP contribution >= 0.6 is 11.6 Å². The molecule has 6 heteroatoms. The Balaban J connectivity index is 2.46. The van der Waals surface area contributed by atoms with Crippen LogP contribution in [0.5, 0.6) is 5.75 Å². The van der Waals surface area contributed by atoms with Gasteiger partial charge in [0.2, 0.25) is 0 Å². The molecule has 0 bridgehead atoms. The third kappa shape index (κ3) is 1.81. The number of ether oxygens (including phenoxy) is 1. The van der Waals surface area contributed by atoms with E-state index in [2.05, 4.69) is 22.1 Å². The first kappa shape index (κ1) is 12.2. The number of halogens is 1. The Morgan fingerprint density at radius 1 is 1.32 bits per heavy atom. The molecule has 3 aromatic rings. The Hall–Kier alpha value is -1.88. The summed E-state index contributed by atoms with van der Waals surface area (Å²) >= 11 is 6.19. The zero-order chi connectivity index (χ0) is 13.4. The molecule has 2 aromatic heterocycles. The molecule has 0 unspecified atom stereocenters. The predicted molar refractivity (Wildman–Crippen MR) is 73.8 cm³/mol. The van der Waals surface area contributed by atoms with Crippen LogP contribution in [-0.4, -0.2) is 26.7 Å². The van der Waals surface area contributed by atoms with Gasteiger partial charge in [-0.1, -0.05) is 24.6 Å². The van der Waals surface area contributed by atoms with E-state index in [1.807, 2.05) is 22.6 Å². The SMILES string of the molecule is CCCc1nnc2c(Cl)nc3c(OC)cccc3n12. The molecular formula is C13H13ClN4O. The molecule has 98 valence electrons. The van der Waals surface area contributed by atoms with E-state index in [9.17, 15) is 0 Å². The van der Waals surface area contributed by atoms with Crippen molar-refractivity contribution in [2.75, 3.05) is 7.11 Å². The second kappa shape index (κ2) is 4.66. The van der Waals surface area contributed by atoms with E-state index in [0.29, 0.717) is 16.5 Å². The van der Waals surface area contributed by atoms with Crippen molar-refractivity contribution in [3.63, 3.8) is 0 Å². The molecule has 0 fully saturated rings. The predicted octanol–water partition coefficient (Wildman–Crippen LogP) is 2.89. The van der Waals surface area contributed by atoms with Crippen LogP contribution < -0.4 is 4.74 Å². The highest BCUT2D eigenvalue weighted by Crippen LogP contribution is 2.28. The third-order valence-corrected chi connectivity index (χ3v) is 3.29. The van der Waals surface area contributed by atoms with Gasteiger partial charge in [0.15, 0.2) is 10.8 Å². The molecule has 5 nitrogen and oxygen atoms in total. The standard InChI is InChI=1S/C13H13ClN4O/c1-3-5-10-16-17-13-12(14)15-11-8(18(10)13)6-4-7-9(11)19-2/h4,6-7H,3,5H2,1-2H3. The fraction of sp³-hybridized carbons (Fsp3) is 0.308. The first-order valence-electron chi connectivity index (χ1n) is 6.12. The van der Waals surface area contributed by atoms with Gasteiger partial charge in [-0.25, -0.2) is 4.98 Å². The molecule has 0 N–H and O–H groups in total. The number of rotatable bonds is 3. The highest BCUT2D eigenvalue weighted by Gasteiger charge is 2.15. The lowest BCUT2D eigenvalue weighted by Crippen LogP contribution is -1.99. The Morgan fingerprint density at radius 3 is 2.89 bits per heavy atom. The molecule has 1 aromatic carbocycles. The van der Waals surface area contributed by atoms with Gasteiger partial charge in [0.1, 0.15) is 17.1 Å². The van der Waals surface area contributed by atoms with Crippen LogP contribution in [0.3, 0.4) is 0 Å². The largest absolute Gasteiger partial charge is 0.494 e. The molecule has 2 heterocycles. The van der Waals surface area contributed by atoms with E-state index in [1.54, 1.807) is 7.11 Å². The lowest BCUT2D eigenvalue weighted by atomic mass is 10.2. The molecule has 0 saturated carbocycles. The normalized spacial score (nSPS) is 11.3. The van der Waals surface area contributed by atoms with Gasteiger partial charge in [-0.05, 0) is 18.6 Å². The van der Waals surface area contributed by atoms with Crippen molar-refractivity contribution in [1.82, 2.24) is 19.6 Å². The van der Waals surface area contributed by atoms with Crippen LogP contribution in [0.15, 0.2) is 18.2 Å². The van der Waals surface area contributed by atoms with Crippen molar-refractivity contribution >= 4 is 28.3 Å². The summed E-state index contributed by atoms with van der Waals surface area (Å²) in [5.41, 5.74) is 2.22. The molecule has 0 radical (unpaired) electrons. The summed E-state index contributed by atoms with van der Waals surface area (Å²) < 4.78 is 7.29. The zero-order valence-corrected chi connectivity index (χ0v) is 11.5. The van der Waals surface area contributed by atoms with Crippen molar-refractivity contribution in [2.24, 2.45) is 0 Å². The van der Waals surface area contributed by atoms with Crippen LogP contribution in [0.4, 0.5) is 0 Å². The Labute approximate surface area is 115 Å². The summed E-state index contributed by atoms with van der Waals surface area (Å²) in [4.78, 5) is 4.37. The molecule has 0 aliphatic heterocycles. The van der Waals surface area contributed by atoms with Crippen LogP contribution in [0, 0.1) is 0 Å². The number of methoxy groups -OCH3 is 1. The van der Waals surface area contributed by atoms with Crippen LogP contribution in [0.25, 0.3) is 16.7 Å². The van der Waals surface area contributed by atoms with Gasteiger partial charge < -0.3 is 4.74 Å². The Bertz CT molecular complexity index is 753. The van der Waals surface area contributed by atoms with E-state index in [4.69, 9.17) is 16.3 Å². The minimum atomic E-state index is 0.340. The molecule has 0 saturated heterocycles. The summed E-state index contributed by atoms with van der Waals surface area (Å²) in [5.74, 6) is 1.58. The molecule has 0 spiro atoms. The van der Waals surface area contributed by atoms with Gasteiger partial charge in [0.05, 0.1) is 12.6 Å².